The van der Waals surface area contributed by atoms with Crippen LogP contribution in [0.1, 0.15) is 30.6 Å². The Morgan fingerprint density at radius 2 is 2.00 bits per heavy atom. The summed E-state index contributed by atoms with van der Waals surface area (Å²) in [4.78, 5) is 6.29. The molecule has 0 aliphatic carbocycles. The van der Waals surface area contributed by atoms with Crippen LogP contribution in [-0.2, 0) is 6.18 Å². The van der Waals surface area contributed by atoms with E-state index in [0.29, 0.717) is 18.2 Å². The molecule has 0 amide bonds. The molecule has 1 saturated heterocycles. The Balaban J connectivity index is 1.54. The Hall–Kier alpha value is -2.74. The van der Waals surface area contributed by atoms with E-state index >= 15 is 0 Å². The molecule has 3 aromatic rings. The Morgan fingerprint density at radius 3 is 2.77 bits per heavy atom. The predicted octanol–water partition coefficient (Wildman–Crippen LogP) is 4.61. The largest absolute Gasteiger partial charge is 0.491 e. The number of likely N-dealkylation sites (tertiary alicyclic amines) is 1. The van der Waals surface area contributed by atoms with E-state index in [9.17, 15) is 13.2 Å². The Labute approximate surface area is 172 Å². The van der Waals surface area contributed by atoms with Gasteiger partial charge in [-0.3, -0.25) is 4.90 Å². The Kier molecular flexibility index (Phi) is 4.61. The third-order valence-electron chi connectivity index (χ3n) is 6.06. The highest BCUT2D eigenvalue weighted by Crippen LogP contribution is 2.39. The van der Waals surface area contributed by atoms with E-state index in [-0.39, 0.29) is 17.7 Å². The predicted molar refractivity (Wildman–Crippen MR) is 108 cm³/mol. The molecule has 2 aromatic heterocycles. The van der Waals surface area contributed by atoms with Crippen molar-refractivity contribution < 1.29 is 17.9 Å². The van der Waals surface area contributed by atoms with Crippen molar-refractivity contribution in [1.29, 1.82) is 0 Å². The summed E-state index contributed by atoms with van der Waals surface area (Å²) in [6.45, 7) is 4.75. The van der Waals surface area contributed by atoms with Crippen LogP contribution in [0, 0.1) is 5.92 Å². The molecule has 1 fully saturated rings. The number of anilines is 1. The number of imidazole rings is 1. The number of rotatable bonds is 3. The lowest BCUT2D eigenvalue weighted by Crippen LogP contribution is -2.47. The van der Waals surface area contributed by atoms with Gasteiger partial charge in [-0.15, -0.1) is 0 Å². The van der Waals surface area contributed by atoms with Crippen molar-refractivity contribution in [2.45, 2.75) is 31.6 Å². The lowest BCUT2D eigenvalue weighted by molar-refractivity contribution is -0.140. The van der Waals surface area contributed by atoms with Gasteiger partial charge >= 0.3 is 6.18 Å². The molecule has 1 N–H and O–H groups in total. The minimum absolute atomic E-state index is 0.0853. The zero-order valence-corrected chi connectivity index (χ0v) is 16.6. The van der Waals surface area contributed by atoms with Crippen LogP contribution in [0.5, 0.6) is 5.75 Å². The van der Waals surface area contributed by atoms with Crippen LogP contribution in [0.15, 0.2) is 48.8 Å². The second-order valence-corrected chi connectivity index (χ2v) is 8.20. The minimum atomic E-state index is -4.48. The summed E-state index contributed by atoms with van der Waals surface area (Å²) in [5, 5.41) is 3.51. The average molecular weight is 416 g/mol. The molecule has 1 aromatic carbocycles. The van der Waals surface area contributed by atoms with Crippen LogP contribution in [0.3, 0.4) is 0 Å². The van der Waals surface area contributed by atoms with E-state index < -0.39 is 11.9 Å². The number of benzene rings is 1. The van der Waals surface area contributed by atoms with E-state index in [0.717, 1.165) is 37.0 Å². The molecule has 2 aliphatic heterocycles. The maximum absolute atomic E-state index is 13.2. The van der Waals surface area contributed by atoms with Gasteiger partial charge in [-0.2, -0.15) is 13.2 Å². The Morgan fingerprint density at radius 1 is 1.17 bits per heavy atom. The summed E-state index contributed by atoms with van der Waals surface area (Å²) in [6.07, 6.45) is -0.739. The van der Waals surface area contributed by atoms with Crippen molar-refractivity contribution in [2.75, 3.05) is 25.0 Å². The highest BCUT2D eigenvalue weighted by Gasteiger charge is 2.38. The van der Waals surface area contributed by atoms with Gasteiger partial charge in [0.1, 0.15) is 12.4 Å². The molecule has 0 radical (unpaired) electrons. The van der Waals surface area contributed by atoms with Crippen molar-refractivity contribution in [2.24, 2.45) is 5.92 Å². The molecule has 0 bridgehead atoms. The standard InChI is InChI=1S/C22H23F3N4O/c1-14-8-10-28(11-14)17-13-30-18-7-3-2-5-15(18)20(17)26-16-6-4-9-29-12-19(22(23,24)25)27-21(16)29/h2-7,9,12,14,17,20,26H,8,10-11,13H2,1H3. The average Bonchev–Trinajstić information content (AvgIpc) is 3.35. The van der Waals surface area contributed by atoms with Crippen LogP contribution in [0.25, 0.3) is 5.65 Å². The van der Waals surface area contributed by atoms with Gasteiger partial charge in [-0.1, -0.05) is 25.1 Å². The van der Waals surface area contributed by atoms with E-state index in [1.807, 2.05) is 24.3 Å². The second kappa shape index (κ2) is 7.19. The first-order valence-electron chi connectivity index (χ1n) is 10.2. The minimum Gasteiger partial charge on any atom is -0.491 e. The molecule has 4 heterocycles. The number of hydrogen-bond donors (Lipinski definition) is 1. The van der Waals surface area contributed by atoms with Crippen LogP contribution >= 0.6 is 0 Å². The molecule has 3 unspecified atom stereocenters. The zero-order valence-electron chi connectivity index (χ0n) is 16.6. The highest BCUT2D eigenvalue weighted by atomic mass is 19.4. The molecule has 5 rings (SSSR count). The molecule has 30 heavy (non-hydrogen) atoms. The van der Waals surface area contributed by atoms with Gasteiger partial charge in [-0.25, -0.2) is 4.98 Å². The molecule has 0 spiro atoms. The number of nitrogens with zero attached hydrogens (tertiary/aromatic N) is 3. The summed E-state index contributed by atoms with van der Waals surface area (Å²) in [6, 6.07) is 11.3. The number of fused-ring (bicyclic) bond motifs is 2. The van der Waals surface area contributed by atoms with Crippen LogP contribution in [0.2, 0.25) is 0 Å². The molecule has 3 atom stereocenters. The monoisotopic (exact) mass is 416 g/mol. The van der Waals surface area contributed by atoms with Gasteiger partial charge in [0.15, 0.2) is 11.3 Å². The molecule has 158 valence electrons. The van der Waals surface area contributed by atoms with Gasteiger partial charge in [0.2, 0.25) is 0 Å². The van der Waals surface area contributed by atoms with Gasteiger partial charge in [-0.05, 0) is 37.1 Å². The molecule has 0 saturated carbocycles. The number of pyridine rings is 1. The lowest BCUT2D eigenvalue weighted by atomic mass is 9.94. The van der Waals surface area contributed by atoms with E-state index in [2.05, 4.69) is 22.1 Å². The quantitative estimate of drug-likeness (QED) is 0.677. The van der Waals surface area contributed by atoms with Crippen LogP contribution < -0.4 is 10.1 Å². The van der Waals surface area contributed by atoms with E-state index in [1.165, 1.54) is 4.40 Å². The number of aromatic nitrogens is 2. The number of ether oxygens (including phenoxy) is 1. The van der Waals surface area contributed by atoms with Crippen LogP contribution in [0.4, 0.5) is 18.9 Å². The van der Waals surface area contributed by atoms with Gasteiger partial charge < -0.3 is 14.5 Å². The number of para-hydroxylation sites is 1. The maximum Gasteiger partial charge on any atom is 0.434 e. The number of hydrogen-bond acceptors (Lipinski definition) is 4. The fourth-order valence-electron chi connectivity index (χ4n) is 4.54. The molecule has 2 aliphatic rings. The second-order valence-electron chi connectivity index (χ2n) is 8.20. The lowest BCUT2D eigenvalue weighted by Gasteiger charge is -2.39. The molecule has 5 nitrogen and oxygen atoms in total. The van der Waals surface area contributed by atoms with E-state index in [1.54, 1.807) is 18.3 Å². The van der Waals surface area contributed by atoms with Crippen LogP contribution in [-0.4, -0.2) is 40.0 Å². The first-order valence-corrected chi connectivity index (χ1v) is 10.2. The smallest absolute Gasteiger partial charge is 0.434 e. The highest BCUT2D eigenvalue weighted by molar-refractivity contribution is 5.69. The summed E-state index contributed by atoms with van der Waals surface area (Å²) in [5.74, 6) is 1.43. The number of nitrogens with one attached hydrogen (secondary N) is 1. The van der Waals surface area contributed by atoms with Gasteiger partial charge in [0.05, 0.1) is 17.8 Å². The van der Waals surface area contributed by atoms with Crippen molar-refractivity contribution in [3.63, 3.8) is 0 Å². The first kappa shape index (κ1) is 19.2. The van der Waals surface area contributed by atoms with Gasteiger partial charge in [0, 0.05) is 24.5 Å². The van der Waals surface area contributed by atoms with Crippen molar-refractivity contribution >= 4 is 11.3 Å². The number of halogens is 3. The van der Waals surface area contributed by atoms with Crippen molar-refractivity contribution in [1.82, 2.24) is 14.3 Å². The SMILES string of the molecule is CC1CCN(C2COc3ccccc3C2Nc2cccn3cc(C(F)(F)F)nc23)C1. The third kappa shape index (κ3) is 3.39. The van der Waals surface area contributed by atoms with Crippen molar-refractivity contribution in [3.8, 4) is 5.75 Å². The summed E-state index contributed by atoms with van der Waals surface area (Å²) < 4.78 is 47.0. The number of alkyl halides is 3. The maximum atomic E-state index is 13.2. The topological polar surface area (TPSA) is 41.8 Å². The molecular weight excluding hydrogens is 393 g/mol. The zero-order chi connectivity index (χ0) is 20.9. The van der Waals surface area contributed by atoms with Gasteiger partial charge in [0.25, 0.3) is 0 Å². The third-order valence-corrected chi connectivity index (χ3v) is 6.06. The summed E-state index contributed by atoms with van der Waals surface area (Å²) in [7, 11) is 0. The molecule has 8 heteroatoms. The molecular formula is C22H23F3N4O. The fraction of sp³-hybridized carbons (Fsp3) is 0.409. The normalized spacial score (nSPS) is 24.6. The summed E-state index contributed by atoms with van der Waals surface area (Å²) in [5.41, 5.74) is 0.959. The summed E-state index contributed by atoms with van der Waals surface area (Å²) >= 11 is 0. The van der Waals surface area contributed by atoms with E-state index in [4.69, 9.17) is 4.74 Å². The Bertz CT molecular complexity index is 1060. The first-order chi connectivity index (χ1) is 14.4. The van der Waals surface area contributed by atoms with Crippen molar-refractivity contribution in [3.05, 3.63) is 60.0 Å². The fourth-order valence-corrected chi connectivity index (χ4v) is 4.54.